The van der Waals surface area contributed by atoms with Crippen LogP contribution in [0.25, 0.3) is 22.3 Å². The average molecular weight is 912 g/mol. The lowest BCUT2D eigenvalue weighted by Crippen LogP contribution is -2.47. The predicted octanol–water partition coefficient (Wildman–Crippen LogP) is 3.08. The van der Waals surface area contributed by atoms with Gasteiger partial charge in [-0.1, -0.05) is 30.3 Å². The van der Waals surface area contributed by atoms with Crippen molar-refractivity contribution in [3.05, 3.63) is 71.6 Å². The van der Waals surface area contributed by atoms with Gasteiger partial charge in [-0.25, -0.2) is 9.97 Å². The molecule has 0 bridgehead atoms. The second kappa shape index (κ2) is 26.5. The number of H-pyrrole nitrogens is 1. The Morgan fingerprint density at radius 3 is 2.17 bits per heavy atom. The average Bonchev–Trinajstić information content (AvgIpc) is 4.03. The number of Topliss-reactive ketones (excluding diaryl/α,β-unsaturated/α-hetero) is 1. The summed E-state index contributed by atoms with van der Waals surface area (Å²) in [4.78, 5) is 60.9. The van der Waals surface area contributed by atoms with E-state index in [-0.39, 0.29) is 17.2 Å². The van der Waals surface area contributed by atoms with Gasteiger partial charge < -0.3 is 48.7 Å². The van der Waals surface area contributed by atoms with Gasteiger partial charge in [0.15, 0.2) is 5.82 Å². The number of amides is 2. The number of nitrogens with zero attached hydrogens (tertiary/aromatic N) is 9. The van der Waals surface area contributed by atoms with Crippen LogP contribution in [-0.2, 0) is 23.7 Å². The molecule has 1 aromatic carbocycles. The van der Waals surface area contributed by atoms with E-state index in [9.17, 15) is 19.6 Å². The summed E-state index contributed by atoms with van der Waals surface area (Å²) in [7, 11) is 3.56. The monoisotopic (exact) mass is 912 g/mol. The Kier molecular flexibility index (Phi) is 20.0. The maximum absolute atomic E-state index is 13.7. The number of hydrogen-bond donors (Lipinski definition) is 2. The second-order valence-electron chi connectivity index (χ2n) is 16.2. The lowest BCUT2D eigenvalue weighted by Gasteiger charge is -2.34. The summed E-state index contributed by atoms with van der Waals surface area (Å²) in [6, 6.07) is 11.8. The van der Waals surface area contributed by atoms with Crippen molar-refractivity contribution in [1.82, 2.24) is 49.6 Å². The maximum atomic E-state index is 13.7. The molecule has 0 saturated carbocycles. The van der Waals surface area contributed by atoms with Crippen molar-refractivity contribution in [2.75, 3.05) is 139 Å². The van der Waals surface area contributed by atoms with E-state index < -0.39 is 17.6 Å². The van der Waals surface area contributed by atoms with Gasteiger partial charge >= 0.3 is 0 Å². The molecule has 2 aliphatic heterocycles. The predicted molar refractivity (Wildman–Crippen MR) is 248 cm³/mol. The van der Waals surface area contributed by atoms with E-state index in [0.29, 0.717) is 108 Å². The van der Waals surface area contributed by atoms with E-state index in [1.165, 1.54) is 35.4 Å². The fourth-order valence-electron chi connectivity index (χ4n) is 8.06. The van der Waals surface area contributed by atoms with E-state index in [0.717, 1.165) is 76.3 Å². The van der Waals surface area contributed by atoms with Gasteiger partial charge in [0, 0.05) is 65.2 Å². The highest BCUT2D eigenvalue weighted by molar-refractivity contribution is 6.45. The molecule has 2 fully saturated rings. The van der Waals surface area contributed by atoms with Gasteiger partial charge in [0.25, 0.3) is 17.6 Å². The van der Waals surface area contributed by atoms with Crippen molar-refractivity contribution in [1.29, 1.82) is 5.26 Å². The standard InChI is InChI=1S/C47H65N11O8/c1-4-63-26-27-65-30-31-66-29-28-64-25-24-56-22-20-55(21-23-56)17-9-16-54(2)15-8-14-49-46(60)44-52-35-58(53-44)45-42-41(40(62-3)34-51-45)39(33-50-42)43(59)47(61)57-18-12-37(13-19-57)38(32-48)36-10-6-5-7-11-36/h5-7,10-11,33-35,50H,4,8-9,12-31H2,1-3H3,(H,49,60). The molecule has 6 rings (SSSR count). The van der Waals surface area contributed by atoms with Crippen LogP contribution < -0.4 is 10.1 Å². The van der Waals surface area contributed by atoms with Crippen molar-refractivity contribution in [2.45, 2.75) is 32.6 Å². The Balaban J connectivity index is 0.873. The third-order valence-corrected chi connectivity index (χ3v) is 11.8. The van der Waals surface area contributed by atoms with E-state index in [4.69, 9.17) is 23.7 Å². The number of benzene rings is 1. The number of ketones is 1. The quantitative estimate of drug-likeness (QED) is 0.0382. The minimum absolute atomic E-state index is 0.0264. The molecule has 19 heteroatoms. The Labute approximate surface area is 386 Å². The molecule has 2 aliphatic rings. The summed E-state index contributed by atoms with van der Waals surface area (Å²) in [5, 5.41) is 17.5. The van der Waals surface area contributed by atoms with Gasteiger partial charge in [-0.15, -0.1) is 5.10 Å². The third kappa shape index (κ3) is 14.2. The molecule has 356 valence electrons. The Morgan fingerprint density at radius 1 is 0.848 bits per heavy atom. The fraction of sp³-hybridized carbons (Fsp3) is 0.553. The van der Waals surface area contributed by atoms with Crippen LogP contribution in [0.15, 0.2) is 54.6 Å². The smallest absolute Gasteiger partial charge is 0.295 e. The summed E-state index contributed by atoms with van der Waals surface area (Å²) in [5.41, 5.74) is 2.94. The van der Waals surface area contributed by atoms with Crippen molar-refractivity contribution >= 4 is 34.1 Å². The lowest BCUT2D eigenvalue weighted by molar-refractivity contribution is -0.126. The summed E-state index contributed by atoms with van der Waals surface area (Å²) >= 11 is 0. The number of allylic oxidation sites excluding steroid dienone is 1. The maximum Gasteiger partial charge on any atom is 0.295 e. The number of piperidine rings is 1. The number of carbonyl (C=O) groups is 3. The number of carbonyl (C=O) groups excluding carboxylic acids is 3. The normalized spacial score (nSPS) is 14.8. The zero-order chi connectivity index (χ0) is 46.5. The topological polar surface area (TPSA) is 206 Å². The number of nitrogens with one attached hydrogen (secondary N) is 2. The molecule has 2 saturated heterocycles. The number of fused-ring (bicyclic) bond motifs is 1. The molecule has 0 radical (unpaired) electrons. The number of hydrogen-bond acceptors (Lipinski definition) is 15. The number of nitriles is 1. The molecule has 5 heterocycles. The van der Waals surface area contributed by atoms with E-state index >= 15 is 0 Å². The lowest BCUT2D eigenvalue weighted by atomic mass is 9.93. The van der Waals surface area contributed by atoms with Crippen molar-refractivity contribution in [3.63, 3.8) is 0 Å². The minimum atomic E-state index is -0.700. The molecule has 66 heavy (non-hydrogen) atoms. The van der Waals surface area contributed by atoms with Crippen LogP contribution in [0, 0.1) is 11.3 Å². The van der Waals surface area contributed by atoms with Crippen LogP contribution in [0.3, 0.4) is 0 Å². The fourth-order valence-corrected chi connectivity index (χ4v) is 8.06. The SMILES string of the molecule is CCOCCOCCOCCOCCN1CCN(CCCN(C)CCCNC(=O)c2ncn(-c3ncc(OC)c4c(C(=O)C(=O)N5CCC(=C(C#N)c6ccccc6)CC5)c[nH]c34)n2)CC1. The third-order valence-electron chi connectivity index (χ3n) is 11.8. The number of pyridine rings is 1. The Morgan fingerprint density at radius 2 is 1.50 bits per heavy atom. The van der Waals surface area contributed by atoms with Crippen molar-refractivity contribution < 1.29 is 38.1 Å². The van der Waals surface area contributed by atoms with E-state index in [1.54, 1.807) is 0 Å². The number of aromatic amines is 1. The molecule has 19 nitrogen and oxygen atoms in total. The number of piperazine rings is 1. The van der Waals surface area contributed by atoms with Crippen LogP contribution in [0.2, 0.25) is 0 Å². The van der Waals surface area contributed by atoms with Crippen LogP contribution >= 0.6 is 0 Å². The molecule has 2 N–H and O–H groups in total. The molecule has 0 unspecified atom stereocenters. The van der Waals surface area contributed by atoms with Gasteiger partial charge in [0.2, 0.25) is 5.82 Å². The Bertz CT molecular complexity index is 2220. The van der Waals surface area contributed by atoms with Crippen molar-refractivity contribution in [2.24, 2.45) is 0 Å². The molecule has 0 aliphatic carbocycles. The second-order valence-corrected chi connectivity index (χ2v) is 16.2. The Hall–Kier alpha value is -5.59. The molecule has 2 amide bonds. The van der Waals surface area contributed by atoms with Crippen LogP contribution in [-0.4, -0.2) is 201 Å². The van der Waals surface area contributed by atoms with Gasteiger partial charge in [0.1, 0.15) is 12.1 Å². The summed E-state index contributed by atoms with van der Waals surface area (Å²) in [6.07, 6.45) is 7.11. The highest BCUT2D eigenvalue weighted by atomic mass is 16.6. The van der Waals surface area contributed by atoms with Crippen LogP contribution in [0.1, 0.15) is 59.1 Å². The van der Waals surface area contributed by atoms with Gasteiger partial charge in [-0.3, -0.25) is 19.3 Å². The molecule has 0 atom stereocenters. The summed E-state index contributed by atoms with van der Waals surface area (Å²) < 4.78 is 28.9. The summed E-state index contributed by atoms with van der Waals surface area (Å²) in [6.45, 7) is 16.0. The molecular weight excluding hydrogens is 847 g/mol. The van der Waals surface area contributed by atoms with Crippen LogP contribution in [0.4, 0.5) is 0 Å². The first-order valence-corrected chi connectivity index (χ1v) is 23.0. The minimum Gasteiger partial charge on any atom is -0.494 e. The largest absolute Gasteiger partial charge is 0.494 e. The number of likely N-dealkylation sites (tertiary alicyclic amines) is 1. The molecule has 4 aromatic rings. The number of methoxy groups -OCH3 is 1. The zero-order valence-electron chi connectivity index (χ0n) is 38.7. The molecule has 3 aromatic heterocycles. The van der Waals surface area contributed by atoms with Crippen LogP contribution in [0.5, 0.6) is 5.75 Å². The van der Waals surface area contributed by atoms with Gasteiger partial charge in [-0.2, -0.15) is 9.94 Å². The highest BCUT2D eigenvalue weighted by Gasteiger charge is 2.31. The first-order valence-electron chi connectivity index (χ1n) is 23.0. The molecule has 0 spiro atoms. The number of aromatic nitrogens is 5. The zero-order valence-corrected chi connectivity index (χ0v) is 38.7. The van der Waals surface area contributed by atoms with E-state index in [2.05, 4.69) is 53.2 Å². The number of ether oxygens (including phenoxy) is 5. The van der Waals surface area contributed by atoms with E-state index in [1.807, 2.05) is 37.3 Å². The highest BCUT2D eigenvalue weighted by Crippen LogP contribution is 2.33. The first-order chi connectivity index (χ1) is 32.3. The molecular formula is C47H65N11O8. The summed E-state index contributed by atoms with van der Waals surface area (Å²) in [5.74, 6) is -1.21. The van der Waals surface area contributed by atoms with Gasteiger partial charge in [0.05, 0.1) is 87.7 Å². The van der Waals surface area contributed by atoms with Gasteiger partial charge in [-0.05, 0) is 70.4 Å². The number of rotatable bonds is 27. The van der Waals surface area contributed by atoms with Crippen molar-refractivity contribution in [3.8, 4) is 17.6 Å². The first kappa shape index (κ1) is 49.8.